The summed E-state index contributed by atoms with van der Waals surface area (Å²) in [7, 11) is 1.25. The molecular weight excluding hydrogens is 458 g/mol. The fraction of sp³-hybridized carbons (Fsp3) is 0.333. The molecule has 1 heterocycles. The van der Waals surface area contributed by atoms with Gasteiger partial charge in [0.25, 0.3) is 11.8 Å². The summed E-state index contributed by atoms with van der Waals surface area (Å²) in [5, 5.41) is 9.75. The summed E-state index contributed by atoms with van der Waals surface area (Å²) >= 11 is 6.05. The number of halogens is 1. The minimum absolute atomic E-state index is 0.0222. The van der Waals surface area contributed by atoms with Crippen molar-refractivity contribution in [3.8, 4) is 11.6 Å². The Labute approximate surface area is 203 Å². The number of hydrogen-bond acceptors (Lipinski definition) is 6. The first-order valence-corrected chi connectivity index (χ1v) is 11.0. The van der Waals surface area contributed by atoms with Crippen molar-refractivity contribution >= 4 is 23.6 Å². The van der Waals surface area contributed by atoms with Crippen LogP contribution in [0.25, 0.3) is 0 Å². The van der Waals surface area contributed by atoms with E-state index in [0.29, 0.717) is 10.8 Å². The lowest BCUT2D eigenvalue weighted by Crippen LogP contribution is -2.47. The van der Waals surface area contributed by atoms with Gasteiger partial charge < -0.3 is 9.47 Å². The molecule has 0 aliphatic rings. The fourth-order valence-corrected chi connectivity index (χ4v) is 3.45. The van der Waals surface area contributed by atoms with Gasteiger partial charge in [0, 0.05) is 5.02 Å². The first-order valence-electron chi connectivity index (χ1n) is 10.6. The molecule has 34 heavy (non-hydrogen) atoms. The van der Waals surface area contributed by atoms with E-state index in [9.17, 15) is 9.59 Å². The first kappa shape index (κ1) is 25.0. The second-order valence-corrected chi connectivity index (χ2v) is 9.25. The van der Waals surface area contributed by atoms with Crippen molar-refractivity contribution in [3.63, 3.8) is 0 Å². The molecule has 180 valence electrons. The van der Waals surface area contributed by atoms with Crippen molar-refractivity contribution in [2.75, 3.05) is 7.11 Å². The monoisotopic (exact) mass is 485 g/mol. The Hall–Kier alpha value is -3.59. The van der Waals surface area contributed by atoms with E-state index in [1.807, 2.05) is 52.8 Å². The zero-order valence-electron chi connectivity index (χ0n) is 20.0. The largest absolute Gasteiger partial charge is 0.452 e. The van der Waals surface area contributed by atoms with Crippen LogP contribution in [0.5, 0.6) is 11.6 Å². The summed E-state index contributed by atoms with van der Waals surface area (Å²) in [5.74, 6) is -0.263. The van der Waals surface area contributed by atoms with Gasteiger partial charge in [-0.15, -0.1) is 0 Å². The van der Waals surface area contributed by atoms with Crippen molar-refractivity contribution in [2.24, 2.45) is 0 Å². The lowest BCUT2D eigenvalue weighted by molar-refractivity contribution is 0.0674. The van der Waals surface area contributed by atoms with E-state index in [-0.39, 0.29) is 18.1 Å². The van der Waals surface area contributed by atoms with Gasteiger partial charge in [-0.2, -0.15) is 0 Å². The summed E-state index contributed by atoms with van der Waals surface area (Å²) in [6.07, 6.45) is -0.722. The van der Waals surface area contributed by atoms with Gasteiger partial charge in [0.2, 0.25) is 0 Å². The third-order valence-electron chi connectivity index (χ3n) is 4.96. The van der Waals surface area contributed by atoms with Crippen LogP contribution in [-0.4, -0.2) is 39.1 Å². The molecule has 2 aromatic carbocycles. The van der Waals surface area contributed by atoms with Crippen LogP contribution < -0.4 is 10.2 Å². The number of aryl methyl sites for hydroxylation is 2. The number of aromatic nitrogens is 3. The molecule has 0 aliphatic heterocycles. The molecule has 3 aromatic rings. The Morgan fingerprint density at radius 3 is 2.50 bits per heavy atom. The predicted molar refractivity (Wildman–Crippen MR) is 128 cm³/mol. The summed E-state index contributed by atoms with van der Waals surface area (Å²) in [6, 6.07) is 12.5. The zero-order valence-corrected chi connectivity index (χ0v) is 20.8. The Bertz CT molecular complexity index is 1200. The molecule has 1 N–H and O–H groups in total. The lowest BCUT2D eigenvalue weighted by atomic mass is 10.1. The molecule has 0 fully saturated rings. The average molecular weight is 486 g/mol. The molecule has 2 amide bonds. The number of carbonyl (C=O) groups excluding carboxylic acids is 2. The van der Waals surface area contributed by atoms with Crippen LogP contribution in [0.3, 0.4) is 0 Å². The molecule has 0 saturated carbocycles. The molecule has 0 saturated heterocycles. The highest BCUT2D eigenvalue weighted by molar-refractivity contribution is 6.30. The van der Waals surface area contributed by atoms with E-state index in [4.69, 9.17) is 21.1 Å². The molecule has 0 unspecified atom stereocenters. The number of amides is 2. The molecule has 0 radical (unpaired) electrons. The minimum Gasteiger partial charge on any atom is -0.452 e. The number of nitrogens with zero attached hydrogens (tertiary/aromatic N) is 4. The standard InChI is InChI=1S/C24H28ClN5O4/c1-15-10-11-17(16(2)12-15)14-29(23(32)33-6)27-21(31)20-22(26-28-30(20)24(3,4)5)34-19-9-7-8-18(25)13-19/h7-13H,14H2,1-6H3,(H,27,31). The maximum Gasteiger partial charge on any atom is 0.428 e. The van der Waals surface area contributed by atoms with Crippen LogP contribution in [0.2, 0.25) is 5.02 Å². The third kappa shape index (κ3) is 5.85. The molecule has 1 aromatic heterocycles. The van der Waals surface area contributed by atoms with Crippen LogP contribution in [0.4, 0.5) is 4.79 Å². The van der Waals surface area contributed by atoms with Gasteiger partial charge in [-0.3, -0.25) is 10.2 Å². The van der Waals surface area contributed by atoms with Gasteiger partial charge in [0.15, 0.2) is 5.69 Å². The second-order valence-electron chi connectivity index (χ2n) is 8.81. The molecule has 0 aliphatic carbocycles. The number of methoxy groups -OCH3 is 1. The highest BCUT2D eigenvalue weighted by atomic mass is 35.5. The minimum atomic E-state index is -0.722. The quantitative estimate of drug-likeness (QED) is 0.510. The second kappa shape index (κ2) is 10.1. The van der Waals surface area contributed by atoms with E-state index in [1.54, 1.807) is 24.3 Å². The van der Waals surface area contributed by atoms with Gasteiger partial charge in [-0.25, -0.2) is 14.5 Å². The Morgan fingerprint density at radius 2 is 1.88 bits per heavy atom. The highest BCUT2D eigenvalue weighted by Gasteiger charge is 2.31. The smallest absolute Gasteiger partial charge is 0.428 e. The fourth-order valence-electron chi connectivity index (χ4n) is 3.27. The molecule has 0 atom stereocenters. The molecule has 0 bridgehead atoms. The number of rotatable bonds is 5. The number of ether oxygens (including phenoxy) is 2. The van der Waals surface area contributed by atoms with Crippen molar-refractivity contribution in [3.05, 3.63) is 69.9 Å². The van der Waals surface area contributed by atoms with Gasteiger partial charge in [-0.1, -0.05) is 51.7 Å². The van der Waals surface area contributed by atoms with Crippen LogP contribution in [0.15, 0.2) is 42.5 Å². The average Bonchev–Trinajstić information content (AvgIpc) is 3.18. The third-order valence-corrected chi connectivity index (χ3v) is 5.19. The van der Waals surface area contributed by atoms with E-state index in [2.05, 4.69) is 15.7 Å². The van der Waals surface area contributed by atoms with E-state index in [1.165, 1.54) is 11.8 Å². The predicted octanol–water partition coefficient (Wildman–Crippen LogP) is 5.01. The molecule has 3 rings (SSSR count). The van der Waals surface area contributed by atoms with Gasteiger partial charge in [0.05, 0.1) is 19.2 Å². The molecule has 0 spiro atoms. The molecule has 9 nitrogen and oxygen atoms in total. The van der Waals surface area contributed by atoms with Gasteiger partial charge in [0.1, 0.15) is 5.75 Å². The van der Waals surface area contributed by atoms with E-state index in [0.717, 1.165) is 21.7 Å². The van der Waals surface area contributed by atoms with E-state index >= 15 is 0 Å². The van der Waals surface area contributed by atoms with Gasteiger partial charge in [-0.05, 0) is 63.9 Å². The van der Waals surface area contributed by atoms with Crippen molar-refractivity contribution in [1.29, 1.82) is 0 Å². The number of hydrazine groups is 1. The first-order chi connectivity index (χ1) is 16.0. The summed E-state index contributed by atoms with van der Waals surface area (Å²) in [4.78, 5) is 25.9. The molecule has 10 heteroatoms. The summed E-state index contributed by atoms with van der Waals surface area (Å²) in [5.41, 5.74) is 5.00. The normalized spacial score (nSPS) is 11.1. The molecular formula is C24H28ClN5O4. The SMILES string of the molecule is COC(=O)N(Cc1ccc(C)cc1C)NC(=O)c1c(Oc2cccc(Cl)c2)nnn1C(C)(C)C. The van der Waals surface area contributed by atoms with Crippen molar-refractivity contribution in [2.45, 2.75) is 46.7 Å². The maximum absolute atomic E-state index is 13.4. The van der Waals surface area contributed by atoms with Crippen molar-refractivity contribution < 1.29 is 19.1 Å². The summed E-state index contributed by atoms with van der Waals surface area (Å²) in [6.45, 7) is 9.64. The topological polar surface area (TPSA) is 98.6 Å². The number of benzene rings is 2. The van der Waals surface area contributed by atoms with Crippen LogP contribution in [0, 0.1) is 13.8 Å². The van der Waals surface area contributed by atoms with Crippen molar-refractivity contribution in [1.82, 2.24) is 25.4 Å². The number of hydrogen-bond donors (Lipinski definition) is 1. The van der Waals surface area contributed by atoms with Crippen LogP contribution >= 0.6 is 11.6 Å². The van der Waals surface area contributed by atoms with Crippen LogP contribution in [-0.2, 0) is 16.8 Å². The van der Waals surface area contributed by atoms with E-state index < -0.39 is 17.5 Å². The maximum atomic E-state index is 13.4. The van der Waals surface area contributed by atoms with Crippen LogP contribution in [0.1, 0.15) is 48.0 Å². The lowest BCUT2D eigenvalue weighted by Gasteiger charge is -2.25. The van der Waals surface area contributed by atoms with Gasteiger partial charge >= 0.3 is 6.09 Å². The Balaban J connectivity index is 1.95. The number of carbonyl (C=O) groups is 2. The Kier molecular flexibility index (Phi) is 7.46. The summed E-state index contributed by atoms with van der Waals surface area (Å²) < 4.78 is 12.2. The Morgan fingerprint density at radius 1 is 1.15 bits per heavy atom. The number of nitrogens with one attached hydrogen (secondary N) is 1. The zero-order chi connectivity index (χ0) is 25.0. The highest BCUT2D eigenvalue weighted by Crippen LogP contribution is 2.28.